The number of aromatic nitrogens is 4. The van der Waals surface area contributed by atoms with E-state index < -0.39 is 10.1 Å². The maximum absolute atomic E-state index is 11.3. The summed E-state index contributed by atoms with van der Waals surface area (Å²) in [4.78, 5) is 20.1. The summed E-state index contributed by atoms with van der Waals surface area (Å²) in [6.45, 7) is 3.18. The summed E-state index contributed by atoms with van der Waals surface area (Å²) >= 11 is 0. The molecular weight excluding hydrogens is 714 g/mol. The quantitative estimate of drug-likeness (QED) is 0.0693. The maximum atomic E-state index is 11.3. The average molecular weight is 750 g/mol. The van der Waals surface area contributed by atoms with E-state index >= 15 is 0 Å². The summed E-state index contributed by atoms with van der Waals surface area (Å²) in [5, 5.41) is 0. The van der Waals surface area contributed by atoms with Crippen molar-refractivity contribution in [2.24, 2.45) is 0 Å². The molecule has 0 unspecified atom stereocenters. The molecule has 0 amide bonds. The van der Waals surface area contributed by atoms with Crippen LogP contribution in [0.25, 0.3) is 68.6 Å². The fourth-order valence-electron chi connectivity index (χ4n) is 5.82. The molecule has 11 heteroatoms. The molecule has 0 fully saturated rings. The van der Waals surface area contributed by atoms with Crippen LogP contribution in [0.2, 0.25) is 0 Å². The fraction of sp³-hybridized carbons (Fsp3) is 0.200. The molecule has 0 N–H and O–H groups in total. The van der Waals surface area contributed by atoms with Crippen LogP contribution in [0.15, 0.2) is 84.9 Å². The van der Waals surface area contributed by atoms with Crippen LogP contribution in [0.5, 0.6) is 11.5 Å². The molecule has 5 heterocycles. The molecule has 7 rings (SSSR count). The van der Waals surface area contributed by atoms with Gasteiger partial charge in [-0.3, -0.25) is 4.18 Å². The number of ether oxygens (including phenoxy) is 2. The predicted molar refractivity (Wildman–Crippen MR) is 199 cm³/mol. The van der Waals surface area contributed by atoms with Gasteiger partial charge in [-0.15, -0.1) is 22.1 Å². The van der Waals surface area contributed by atoms with Gasteiger partial charge in [0.15, 0.2) is 0 Å². The number of hydrogen-bond donors (Lipinski definition) is 0. The Morgan fingerprint density at radius 1 is 0.627 bits per heavy atom. The smallest absolute Gasteiger partial charge is 0.657 e. The average Bonchev–Trinajstić information content (AvgIpc) is 3.92. The summed E-state index contributed by atoms with van der Waals surface area (Å²) < 4.78 is 39.4. The second-order valence-corrected chi connectivity index (χ2v) is 13.7. The van der Waals surface area contributed by atoms with E-state index in [2.05, 4.69) is 19.1 Å². The van der Waals surface area contributed by atoms with E-state index in [0.29, 0.717) is 25.4 Å². The SMILES string of the molecule is CCCCOc1cccc(-c2c3nc(cc4ccc([n-]4)c(-c4cccc(OCCCOS(C)(=O)=O)c4)c4nc(cc5ccc2[n-]5)C=C4)C=C3)c1.[Zn+2]. The number of benzene rings is 2. The van der Waals surface area contributed by atoms with Gasteiger partial charge in [-0.1, -0.05) is 74.0 Å². The zero-order chi connectivity index (χ0) is 34.5. The summed E-state index contributed by atoms with van der Waals surface area (Å²) in [5.41, 5.74) is 9.90. The second kappa shape index (κ2) is 16.0. The first kappa shape index (κ1) is 36.0. The van der Waals surface area contributed by atoms with Gasteiger partial charge in [-0.25, -0.2) is 9.97 Å². The fourth-order valence-corrected chi connectivity index (χ4v) is 6.24. The second-order valence-electron chi connectivity index (χ2n) is 12.0. The Morgan fingerprint density at radius 3 is 1.63 bits per heavy atom. The number of unbranched alkanes of at least 4 members (excludes halogenated alkanes) is 1. The van der Waals surface area contributed by atoms with Crippen LogP contribution in [0.4, 0.5) is 0 Å². The first-order valence-corrected chi connectivity index (χ1v) is 18.4. The van der Waals surface area contributed by atoms with Crippen LogP contribution < -0.4 is 19.4 Å². The first-order chi connectivity index (χ1) is 24.3. The summed E-state index contributed by atoms with van der Waals surface area (Å²) in [5.74, 6) is 1.46. The van der Waals surface area contributed by atoms with E-state index in [1.54, 1.807) is 0 Å². The molecule has 0 aliphatic carbocycles. The molecule has 0 saturated carbocycles. The Hall–Kier alpha value is -4.83. The Bertz CT molecular complexity index is 2380. The largest absolute Gasteiger partial charge is 2.00 e. The number of hydrogen-bond acceptors (Lipinski definition) is 7. The Labute approximate surface area is 310 Å². The molecule has 0 atom stereocenters. The minimum absolute atomic E-state index is 0. The molecule has 2 aliphatic heterocycles. The Morgan fingerprint density at radius 2 is 1.14 bits per heavy atom. The van der Waals surface area contributed by atoms with Crippen molar-refractivity contribution in [3.63, 3.8) is 0 Å². The third kappa shape index (κ3) is 8.92. The molecule has 9 nitrogen and oxygen atoms in total. The molecule has 3 aromatic heterocycles. The van der Waals surface area contributed by atoms with Crippen LogP contribution in [0.1, 0.15) is 49.0 Å². The minimum atomic E-state index is -3.49. The molecular formula is C40H36N4O5SZn. The van der Waals surface area contributed by atoms with E-state index in [-0.39, 0.29) is 26.1 Å². The van der Waals surface area contributed by atoms with Gasteiger partial charge in [0.25, 0.3) is 10.1 Å². The van der Waals surface area contributed by atoms with Gasteiger partial charge >= 0.3 is 19.5 Å². The van der Waals surface area contributed by atoms with Gasteiger partial charge in [0.1, 0.15) is 11.5 Å². The molecule has 2 aliphatic rings. The molecule has 2 aromatic carbocycles. The van der Waals surface area contributed by atoms with Crippen LogP contribution in [0, 0.1) is 0 Å². The van der Waals surface area contributed by atoms with Gasteiger partial charge in [0.2, 0.25) is 0 Å². The van der Waals surface area contributed by atoms with E-state index in [4.69, 9.17) is 33.6 Å². The number of nitrogens with zero attached hydrogens (tertiary/aromatic N) is 4. The van der Waals surface area contributed by atoms with Gasteiger partial charge in [0.05, 0.1) is 48.9 Å². The number of fused-ring (bicyclic) bond motifs is 8. The van der Waals surface area contributed by atoms with Crippen molar-refractivity contribution < 1.29 is 41.6 Å². The monoisotopic (exact) mass is 748 g/mol. The Kier molecular flexibility index (Phi) is 11.3. The van der Waals surface area contributed by atoms with Crippen molar-refractivity contribution in [3.8, 4) is 33.8 Å². The van der Waals surface area contributed by atoms with Crippen molar-refractivity contribution in [1.82, 2.24) is 19.9 Å². The van der Waals surface area contributed by atoms with Crippen LogP contribution >= 0.6 is 0 Å². The molecule has 8 bridgehead atoms. The van der Waals surface area contributed by atoms with E-state index in [0.717, 1.165) is 91.9 Å². The minimum Gasteiger partial charge on any atom is -0.657 e. The van der Waals surface area contributed by atoms with Gasteiger partial charge < -0.3 is 19.4 Å². The van der Waals surface area contributed by atoms with E-state index in [1.165, 1.54) is 0 Å². The number of rotatable bonds is 12. The van der Waals surface area contributed by atoms with Crippen LogP contribution in [0.3, 0.4) is 0 Å². The van der Waals surface area contributed by atoms with Gasteiger partial charge in [-0.05, 0) is 77.2 Å². The third-order valence-electron chi connectivity index (χ3n) is 8.13. The summed E-state index contributed by atoms with van der Waals surface area (Å²) in [6.07, 6.45) is 11.5. The summed E-state index contributed by atoms with van der Waals surface area (Å²) in [6, 6.07) is 27.8. The predicted octanol–water partition coefficient (Wildman–Crippen LogP) is 8.17. The Balaban J connectivity index is 0.00000448. The molecule has 51 heavy (non-hydrogen) atoms. The topological polar surface area (TPSA) is 116 Å². The van der Waals surface area contributed by atoms with Crippen molar-refractivity contribution in [2.75, 3.05) is 26.1 Å². The van der Waals surface area contributed by atoms with Crippen molar-refractivity contribution in [3.05, 3.63) is 108 Å². The van der Waals surface area contributed by atoms with Crippen molar-refractivity contribution in [2.45, 2.75) is 26.2 Å². The van der Waals surface area contributed by atoms with E-state index in [1.807, 2.05) is 97.1 Å². The molecule has 0 spiro atoms. The molecule has 254 valence electrons. The standard InChI is InChI=1S/C40H36N4O5S.Zn/c1-3-4-20-47-33-10-5-8-27(23-33)39-35-16-12-29(41-35)25-31-14-18-37(43-31)40(38-19-15-32(44-38)26-30-13-17-36(39)42-30)28-9-6-11-34(24-28)48-21-7-22-49-50(2,45)46;/h5-6,8-19,23-26H,3-4,7,20-22H2,1-2H3;/q-2;+2. The van der Waals surface area contributed by atoms with Crippen LogP contribution in [-0.4, -0.2) is 44.5 Å². The molecule has 0 saturated heterocycles. The van der Waals surface area contributed by atoms with Gasteiger partial charge in [0, 0.05) is 6.42 Å². The summed E-state index contributed by atoms with van der Waals surface area (Å²) in [7, 11) is -3.49. The van der Waals surface area contributed by atoms with Crippen molar-refractivity contribution >= 4 is 56.5 Å². The molecule has 0 radical (unpaired) electrons. The zero-order valence-electron chi connectivity index (χ0n) is 28.6. The maximum Gasteiger partial charge on any atom is 2.00 e. The molecule has 5 aromatic rings. The van der Waals surface area contributed by atoms with Gasteiger partial charge in [-0.2, -0.15) is 8.42 Å². The van der Waals surface area contributed by atoms with Crippen molar-refractivity contribution in [1.29, 1.82) is 0 Å². The third-order valence-corrected chi connectivity index (χ3v) is 8.72. The normalized spacial score (nSPS) is 12.1. The van der Waals surface area contributed by atoms with Crippen LogP contribution in [-0.2, 0) is 33.8 Å². The first-order valence-electron chi connectivity index (χ1n) is 16.6. The van der Waals surface area contributed by atoms with E-state index in [9.17, 15) is 8.42 Å². The zero-order valence-corrected chi connectivity index (χ0v) is 32.4.